The van der Waals surface area contributed by atoms with Crippen LogP contribution in [0.1, 0.15) is 21.6 Å². The zero-order valence-electron chi connectivity index (χ0n) is 17.0. The first-order valence-electron chi connectivity index (χ1n) is 10.6. The quantitative estimate of drug-likeness (QED) is 0.426. The van der Waals surface area contributed by atoms with Crippen LogP contribution in [0.25, 0.3) is 32.9 Å². The summed E-state index contributed by atoms with van der Waals surface area (Å²) in [5.74, 6) is 0.106. The van der Waals surface area contributed by atoms with Crippen molar-refractivity contribution in [2.75, 3.05) is 6.54 Å². The largest absolute Gasteiger partial charge is 0.361 e. The predicted molar refractivity (Wildman–Crippen MR) is 124 cm³/mol. The van der Waals surface area contributed by atoms with Gasteiger partial charge >= 0.3 is 0 Å². The van der Waals surface area contributed by atoms with Crippen LogP contribution in [0.5, 0.6) is 0 Å². The number of rotatable bonds is 4. The molecule has 0 fully saturated rings. The van der Waals surface area contributed by atoms with Gasteiger partial charge < -0.3 is 9.88 Å². The second kappa shape index (κ2) is 7.10. The van der Waals surface area contributed by atoms with E-state index in [4.69, 9.17) is 4.98 Å². The number of carbonyl (C=O) groups excluding carboxylic acids is 1. The smallest absolute Gasteiger partial charge is 0.255 e. The number of carbonyl (C=O) groups is 1. The molecule has 1 N–H and O–H groups in total. The number of aromatic amines is 1. The molecule has 31 heavy (non-hydrogen) atoms. The van der Waals surface area contributed by atoms with E-state index in [1.807, 2.05) is 35.4 Å². The number of fused-ring (bicyclic) bond motifs is 3. The van der Waals surface area contributed by atoms with Crippen LogP contribution in [0.4, 0.5) is 0 Å². The van der Waals surface area contributed by atoms with Crippen LogP contribution in [0, 0.1) is 0 Å². The molecule has 0 saturated heterocycles. The molecule has 3 heterocycles. The summed E-state index contributed by atoms with van der Waals surface area (Å²) in [6.45, 7) is 1.31. The highest BCUT2D eigenvalue weighted by Crippen LogP contribution is 2.35. The summed E-state index contributed by atoms with van der Waals surface area (Å²) in [5, 5.41) is 2.29. The Morgan fingerprint density at radius 3 is 2.65 bits per heavy atom. The van der Waals surface area contributed by atoms with E-state index in [1.54, 1.807) is 0 Å². The topological polar surface area (TPSA) is 49.0 Å². The van der Waals surface area contributed by atoms with E-state index in [0.717, 1.165) is 56.2 Å². The molecule has 150 valence electrons. The van der Waals surface area contributed by atoms with Crippen LogP contribution in [-0.4, -0.2) is 27.3 Å². The van der Waals surface area contributed by atoms with Gasteiger partial charge in [0, 0.05) is 42.4 Å². The minimum atomic E-state index is 0.106. The van der Waals surface area contributed by atoms with Gasteiger partial charge in [-0.05, 0) is 34.7 Å². The Kier molecular flexibility index (Phi) is 4.10. The van der Waals surface area contributed by atoms with E-state index < -0.39 is 0 Å². The van der Waals surface area contributed by atoms with Crippen LogP contribution >= 0.6 is 0 Å². The number of benzene rings is 3. The molecular formula is C27H21N3O. The molecule has 1 amide bonds. The molecule has 5 aromatic rings. The standard InChI is InChI=1S/C27H21N3O/c31-27-25-20(7-4-8-22(25)23-9-3-6-19-13-15-28-26(19)23)17-30(27)16-14-21-12-11-18-5-1-2-10-24(18)29-21/h1-13,15,28H,14,16-17H2. The fourth-order valence-corrected chi connectivity index (χ4v) is 4.63. The summed E-state index contributed by atoms with van der Waals surface area (Å²) in [5.41, 5.74) is 7.08. The lowest BCUT2D eigenvalue weighted by Crippen LogP contribution is -2.26. The summed E-state index contributed by atoms with van der Waals surface area (Å²) < 4.78 is 0. The summed E-state index contributed by atoms with van der Waals surface area (Å²) in [6.07, 6.45) is 2.69. The van der Waals surface area contributed by atoms with E-state index in [1.165, 1.54) is 0 Å². The van der Waals surface area contributed by atoms with Gasteiger partial charge in [-0.15, -0.1) is 0 Å². The Morgan fingerprint density at radius 1 is 0.839 bits per heavy atom. The van der Waals surface area contributed by atoms with Gasteiger partial charge in [0.1, 0.15) is 0 Å². The number of aromatic nitrogens is 2. The number of hydrogen-bond donors (Lipinski definition) is 1. The molecule has 1 aliphatic rings. The van der Waals surface area contributed by atoms with Crippen molar-refractivity contribution in [1.29, 1.82) is 0 Å². The number of hydrogen-bond acceptors (Lipinski definition) is 2. The Balaban J connectivity index is 1.29. The van der Waals surface area contributed by atoms with E-state index in [0.29, 0.717) is 13.1 Å². The number of nitrogens with zero attached hydrogens (tertiary/aromatic N) is 2. The molecule has 0 bridgehead atoms. The monoisotopic (exact) mass is 403 g/mol. The Bertz CT molecular complexity index is 1450. The molecule has 0 radical (unpaired) electrons. The zero-order chi connectivity index (χ0) is 20.8. The lowest BCUT2D eigenvalue weighted by Gasteiger charge is -2.15. The highest BCUT2D eigenvalue weighted by Gasteiger charge is 2.30. The SMILES string of the molecule is O=C1c2c(cccc2-c2cccc3cc[nH]c23)CN1CCc1ccc2ccccc2n1. The van der Waals surface area contributed by atoms with E-state index in [-0.39, 0.29) is 5.91 Å². The number of para-hydroxylation sites is 2. The molecule has 0 spiro atoms. The average Bonchev–Trinajstić information content (AvgIpc) is 3.42. The van der Waals surface area contributed by atoms with Gasteiger partial charge in [0.25, 0.3) is 5.91 Å². The van der Waals surface area contributed by atoms with Crippen molar-refractivity contribution in [1.82, 2.24) is 14.9 Å². The molecule has 4 nitrogen and oxygen atoms in total. The molecule has 4 heteroatoms. The molecule has 0 saturated carbocycles. The fraction of sp³-hybridized carbons (Fsp3) is 0.111. The third kappa shape index (κ3) is 2.99. The van der Waals surface area contributed by atoms with E-state index in [9.17, 15) is 4.79 Å². The predicted octanol–water partition coefficient (Wildman–Crippen LogP) is 5.58. The van der Waals surface area contributed by atoms with Gasteiger partial charge in [0.05, 0.1) is 16.6 Å². The Labute approximate surface area is 180 Å². The molecule has 3 aromatic carbocycles. The molecule has 6 rings (SSSR count). The molecular weight excluding hydrogens is 382 g/mol. The van der Waals surface area contributed by atoms with Crippen LogP contribution in [0.3, 0.4) is 0 Å². The average molecular weight is 403 g/mol. The lowest BCUT2D eigenvalue weighted by molar-refractivity contribution is 0.0780. The van der Waals surface area contributed by atoms with Crippen molar-refractivity contribution >= 4 is 27.7 Å². The third-order valence-corrected chi connectivity index (χ3v) is 6.18. The highest BCUT2D eigenvalue weighted by atomic mass is 16.2. The van der Waals surface area contributed by atoms with Crippen molar-refractivity contribution in [2.45, 2.75) is 13.0 Å². The minimum absolute atomic E-state index is 0.106. The van der Waals surface area contributed by atoms with Gasteiger partial charge in [-0.3, -0.25) is 9.78 Å². The second-order valence-electron chi connectivity index (χ2n) is 8.06. The van der Waals surface area contributed by atoms with E-state index in [2.05, 4.69) is 59.6 Å². The number of pyridine rings is 1. The lowest BCUT2D eigenvalue weighted by atomic mass is 9.95. The van der Waals surface area contributed by atoms with Crippen LogP contribution in [0.2, 0.25) is 0 Å². The van der Waals surface area contributed by atoms with Gasteiger partial charge in [-0.2, -0.15) is 0 Å². The van der Waals surface area contributed by atoms with Crippen molar-refractivity contribution in [3.8, 4) is 11.1 Å². The fourth-order valence-electron chi connectivity index (χ4n) is 4.63. The first kappa shape index (κ1) is 17.9. The van der Waals surface area contributed by atoms with Gasteiger partial charge in [0.15, 0.2) is 0 Å². The molecule has 1 aliphatic heterocycles. The van der Waals surface area contributed by atoms with Gasteiger partial charge in [-0.25, -0.2) is 0 Å². The number of H-pyrrole nitrogens is 1. The minimum Gasteiger partial charge on any atom is -0.361 e. The Hall–Kier alpha value is -3.92. The first-order chi connectivity index (χ1) is 15.3. The third-order valence-electron chi connectivity index (χ3n) is 6.18. The molecule has 0 unspecified atom stereocenters. The Morgan fingerprint density at radius 2 is 1.68 bits per heavy atom. The van der Waals surface area contributed by atoms with Crippen molar-refractivity contribution < 1.29 is 4.79 Å². The summed E-state index contributed by atoms with van der Waals surface area (Å²) in [7, 11) is 0. The van der Waals surface area contributed by atoms with Gasteiger partial charge in [-0.1, -0.05) is 60.7 Å². The number of amides is 1. The second-order valence-corrected chi connectivity index (χ2v) is 8.06. The van der Waals surface area contributed by atoms with Crippen LogP contribution in [-0.2, 0) is 13.0 Å². The summed E-state index contributed by atoms with van der Waals surface area (Å²) >= 11 is 0. The maximum atomic E-state index is 13.4. The first-order valence-corrected chi connectivity index (χ1v) is 10.6. The van der Waals surface area contributed by atoms with Crippen molar-refractivity contribution in [3.63, 3.8) is 0 Å². The van der Waals surface area contributed by atoms with Crippen LogP contribution < -0.4 is 0 Å². The van der Waals surface area contributed by atoms with Gasteiger partial charge in [0.2, 0.25) is 0 Å². The summed E-state index contributed by atoms with van der Waals surface area (Å²) in [4.78, 5) is 23.4. The van der Waals surface area contributed by atoms with Crippen molar-refractivity contribution in [3.05, 3.63) is 102 Å². The normalized spacial score (nSPS) is 13.3. The van der Waals surface area contributed by atoms with E-state index >= 15 is 0 Å². The number of nitrogens with one attached hydrogen (secondary N) is 1. The maximum absolute atomic E-state index is 13.4. The summed E-state index contributed by atoms with van der Waals surface area (Å²) in [6, 6.07) is 26.8. The maximum Gasteiger partial charge on any atom is 0.255 e. The van der Waals surface area contributed by atoms with Crippen molar-refractivity contribution in [2.24, 2.45) is 0 Å². The molecule has 0 aliphatic carbocycles. The van der Waals surface area contributed by atoms with Crippen LogP contribution in [0.15, 0.2) is 85.1 Å². The highest BCUT2D eigenvalue weighted by molar-refractivity contribution is 6.07. The molecule has 0 atom stereocenters. The molecule has 2 aromatic heterocycles. The zero-order valence-corrected chi connectivity index (χ0v) is 17.0.